The number of benzene rings is 2. The van der Waals surface area contributed by atoms with Gasteiger partial charge in [0.05, 0.1) is 5.75 Å². The molecule has 26 heavy (non-hydrogen) atoms. The first kappa shape index (κ1) is 17.1. The van der Waals surface area contributed by atoms with Gasteiger partial charge in [-0.15, -0.1) is 10.2 Å². The molecule has 1 aromatic heterocycles. The minimum Gasteiger partial charge on any atom is -0.411 e. The van der Waals surface area contributed by atoms with Crippen LogP contribution in [0.1, 0.15) is 12.5 Å². The van der Waals surface area contributed by atoms with Gasteiger partial charge < -0.3 is 9.32 Å². The van der Waals surface area contributed by atoms with Crippen molar-refractivity contribution in [2.45, 2.75) is 24.6 Å². The standard InChI is InChI=1S/C19H16ClN3O2S/c1-12-10-14-4-2-3-5-16(14)23(12)17(24)11-26-19-22-21-18(25-19)13-6-8-15(20)9-7-13/h2-9,12H,10-11H2,1H3/t12-/m1/s1. The molecule has 0 unspecified atom stereocenters. The Balaban J connectivity index is 1.43. The molecule has 3 aromatic rings. The molecular formula is C19H16ClN3O2S. The van der Waals surface area contributed by atoms with Gasteiger partial charge in [-0.25, -0.2) is 0 Å². The summed E-state index contributed by atoms with van der Waals surface area (Å²) in [4.78, 5) is 14.6. The Labute approximate surface area is 160 Å². The summed E-state index contributed by atoms with van der Waals surface area (Å²) in [5.41, 5.74) is 3.00. The Hall–Kier alpha value is -2.31. The van der Waals surface area contributed by atoms with E-state index in [9.17, 15) is 4.79 Å². The van der Waals surface area contributed by atoms with Crippen molar-refractivity contribution in [3.8, 4) is 11.5 Å². The Morgan fingerprint density at radius 2 is 2.00 bits per heavy atom. The normalized spacial score (nSPS) is 15.9. The third-order valence-electron chi connectivity index (χ3n) is 4.29. The van der Waals surface area contributed by atoms with Gasteiger partial charge in [0, 0.05) is 22.3 Å². The van der Waals surface area contributed by atoms with Gasteiger partial charge in [-0.3, -0.25) is 4.79 Å². The predicted octanol–water partition coefficient (Wildman–Crippen LogP) is 4.46. The fourth-order valence-electron chi connectivity index (χ4n) is 3.12. The van der Waals surface area contributed by atoms with E-state index in [1.165, 1.54) is 17.3 Å². The summed E-state index contributed by atoms with van der Waals surface area (Å²) in [6.07, 6.45) is 0.883. The monoisotopic (exact) mass is 385 g/mol. The van der Waals surface area contributed by atoms with Crippen molar-refractivity contribution in [1.82, 2.24) is 10.2 Å². The zero-order chi connectivity index (χ0) is 18.1. The van der Waals surface area contributed by atoms with Crippen LogP contribution < -0.4 is 4.90 Å². The second-order valence-corrected chi connectivity index (χ2v) is 7.48. The number of nitrogens with zero attached hydrogens (tertiary/aromatic N) is 3. The molecular weight excluding hydrogens is 370 g/mol. The average Bonchev–Trinajstić information content (AvgIpc) is 3.24. The van der Waals surface area contributed by atoms with Crippen LogP contribution in [0.3, 0.4) is 0 Å². The number of anilines is 1. The molecule has 0 aliphatic carbocycles. The van der Waals surface area contributed by atoms with Crippen LogP contribution in [-0.4, -0.2) is 27.9 Å². The van der Waals surface area contributed by atoms with Crippen LogP contribution in [0.2, 0.25) is 5.02 Å². The van der Waals surface area contributed by atoms with Crippen LogP contribution in [0.5, 0.6) is 0 Å². The Morgan fingerprint density at radius 3 is 2.81 bits per heavy atom. The van der Waals surface area contributed by atoms with Gasteiger partial charge in [-0.05, 0) is 49.2 Å². The first-order valence-corrected chi connectivity index (χ1v) is 9.60. The van der Waals surface area contributed by atoms with E-state index in [4.69, 9.17) is 16.0 Å². The summed E-state index contributed by atoms with van der Waals surface area (Å²) in [6.45, 7) is 2.06. The van der Waals surface area contributed by atoms with Crippen molar-refractivity contribution >= 4 is 35.0 Å². The molecule has 0 saturated carbocycles. The Bertz CT molecular complexity index is 942. The number of fused-ring (bicyclic) bond motifs is 1. The van der Waals surface area contributed by atoms with E-state index in [2.05, 4.69) is 23.2 Å². The number of hydrogen-bond acceptors (Lipinski definition) is 5. The molecule has 1 atom stereocenters. The molecule has 0 fully saturated rings. The topological polar surface area (TPSA) is 59.2 Å². The number of hydrogen-bond donors (Lipinski definition) is 0. The summed E-state index contributed by atoms with van der Waals surface area (Å²) in [5.74, 6) is 0.705. The highest BCUT2D eigenvalue weighted by atomic mass is 35.5. The lowest BCUT2D eigenvalue weighted by molar-refractivity contribution is -0.116. The number of carbonyl (C=O) groups is 1. The molecule has 0 N–H and O–H groups in total. The second kappa shape index (κ2) is 7.13. The molecule has 5 nitrogen and oxygen atoms in total. The molecule has 2 heterocycles. The van der Waals surface area contributed by atoms with E-state index < -0.39 is 0 Å². The van der Waals surface area contributed by atoms with Crippen LogP contribution in [0.25, 0.3) is 11.5 Å². The van der Waals surface area contributed by atoms with Crippen molar-refractivity contribution in [2.75, 3.05) is 10.7 Å². The van der Waals surface area contributed by atoms with E-state index in [1.54, 1.807) is 12.1 Å². The van der Waals surface area contributed by atoms with Crippen LogP contribution >= 0.6 is 23.4 Å². The number of para-hydroxylation sites is 1. The maximum Gasteiger partial charge on any atom is 0.277 e. The smallest absolute Gasteiger partial charge is 0.277 e. The van der Waals surface area contributed by atoms with Crippen molar-refractivity contribution in [1.29, 1.82) is 0 Å². The number of thioether (sulfide) groups is 1. The quantitative estimate of drug-likeness (QED) is 0.620. The summed E-state index contributed by atoms with van der Waals surface area (Å²) < 4.78 is 5.65. The third kappa shape index (κ3) is 3.34. The number of rotatable bonds is 4. The molecule has 1 aliphatic rings. The van der Waals surface area contributed by atoms with Crippen LogP contribution in [0, 0.1) is 0 Å². The van der Waals surface area contributed by atoms with Gasteiger partial charge in [0.1, 0.15) is 0 Å². The van der Waals surface area contributed by atoms with Gasteiger partial charge >= 0.3 is 0 Å². The van der Waals surface area contributed by atoms with E-state index in [-0.39, 0.29) is 17.7 Å². The molecule has 0 spiro atoms. The SMILES string of the molecule is C[C@@H]1Cc2ccccc2N1C(=O)CSc1nnc(-c2ccc(Cl)cc2)o1. The second-order valence-electron chi connectivity index (χ2n) is 6.11. The minimum absolute atomic E-state index is 0.0405. The van der Waals surface area contributed by atoms with Crippen LogP contribution in [0.4, 0.5) is 5.69 Å². The van der Waals surface area contributed by atoms with Crippen molar-refractivity contribution < 1.29 is 9.21 Å². The van der Waals surface area contributed by atoms with Crippen molar-refractivity contribution in [3.63, 3.8) is 0 Å². The van der Waals surface area contributed by atoms with E-state index >= 15 is 0 Å². The van der Waals surface area contributed by atoms with E-state index in [0.717, 1.165) is 17.7 Å². The molecule has 1 amide bonds. The lowest BCUT2D eigenvalue weighted by atomic mass is 10.1. The fraction of sp³-hybridized carbons (Fsp3) is 0.211. The summed E-state index contributed by atoms with van der Waals surface area (Å²) in [7, 11) is 0. The van der Waals surface area contributed by atoms with E-state index in [0.29, 0.717) is 16.1 Å². The molecule has 7 heteroatoms. The fourth-order valence-corrected chi connectivity index (χ4v) is 3.86. The molecule has 1 aliphatic heterocycles. The minimum atomic E-state index is 0.0405. The van der Waals surface area contributed by atoms with Gasteiger partial charge in [0.15, 0.2) is 0 Å². The summed E-state index contributed by atoms with van der Waals surface area (Å²) in [6, 6.07) is 15.4. The van der Waals surface area contributed by atoms with Crippen LogP contribution in [-0.2, 0) is 11.2 Å². The zero-order valence-corrected chi connectivity index (χ0v) is 15.6. The Morgan fingerprint density at radius 1 is 1.23 bits per heavy atom. The average molecular weight is 386 g/mol. The molecule has 2 aromatic carbocycles. The summed E-state index contributed by atoms with van der Waals surface area (Å²) >= 11 is 7.14. The van der Waals surface area contributed by atoms with Gasteiger partial charge in [-0.2, -0.15) is 0 Å². The lowest BCUT2D eigenvalue weighted by Crippen LogP contribution is -2.36. The molecule has 132 valence electrons. The molecule has 4 rings (SSSR count). The molecule has 0 radical (unpaired) electrons. The van der Waals surface area contributed by atoms with Gasteiger partial charge in [-0.1, -0.05) is 41.6 Å². The van der Waals surface area contributed by atoms with E-state index in [1.807, 2.05) is 35.2 Å². The maximum atomic E-state index is 12.7. The van der Waals surface area contributed by atoms with Crippen LogP contribution in [0.15, 0.2) is 58.2 Å². The largest absolute Gasteiger partial charge is 0.411 e. The first-order chi connectivity index (χ1) is 12.6. The highest BCUT2D eigenvalue weighted by molar-refractivity contribution is 7.99. The lowest BCUT2D eigenvalue weighted by Gasteiger charge is -2.22. The molecule has 0 bridgehead atoms. The predicted molar refractivity (Wildman–Crippen MR) is 103 cm³/mol. The maximum absolute atomic E-state index is 12.7. The molecule has 0 saturated heterocycles. The van der Waals surface area contributed by atoms with Crippen molar-refractivity contribution in [2.24, 2.45) is 0 Å². The van der Waals surface area contributed by atoms with Gasteiger partial charge in [0.25, 0.3) is 5.22 Å². The number of carbonyl (C=O) groups excluding carboxylic acids is 1. The van der Waals surface area contributed by atoms with Crippen molar-refractivity contribution in [3.05, 3.63) is 59.1 Å². The summed E-state index contributed by atoms with van der Waals surface area (Å²) in [5, 5.41) is 9.08. The number of halogens is 1. The third-order valence-corrected chi connectivity index (χ3v) is 5.35. The highest BCUT2D eigenvalue weighted by Gasteiger charge is 2.30. The highest BCUT2D eigenvalue weighted by Crippen LogP contribution is 2.33. The number of amides is 1. The zero-order valence-electron chi connectivity index (χ0n) is 14.1. The Kier molecular flexibility index (Phi) is 4.70. The van der Waals surface area contributed by atoms with Gasteiger partial charge in [0.2, 0.25) is 11.8 Å². The first-order valence-electron chi connectivity index (χ1n) is 8.24. The number of aromatic nitrogens is 2.